The van der Waals surface area contributed by atoms with E-state index in [1.54, 1.807) is 18.2 Å². The molecule has 43 heavy (non-hydrogen) atoms. The van der Waals surface area contributed by atoms with Gasteiger partial charge in [0, 0.05) is 25.1 Å². The number of hydrogen-bond acceptors (Lipinski definition) is 5. The molecule has 1 fully saturated rings. The van der Waals surface area contributed by atoms with Gasteiger partial charge in [0.05, 0.1) is 23.3 Å². The van der Waals surface area contributed by atoms with Crippen molar-refractivity contribution in [2.75, 3.05) is 26.5 Å². The van der Waals surface area contributed by atoms with Gasteiger partial charge in [0.2, 0.25) is 6.79 Å². The van der Waals surface area contributed by atoms with Crippen LogP contribution in [0.5, 0.6) is 17.2 Å². The van der Waals surface area contributed by atoms with Crippen LogP contribution in [0.15, 0.2) is 54.6 Å². The summed E-state index contributed by atoms with van der Waals surface area (Å²) in [6.45, 7) is 0.477. The molecule has 1 amide bonds. The van der Waals surface area contributed by atoms with E-state index in [4.69, 9.17) is 14.2 Å². The van der Waals surface area contributed by atoms with E-state index in [1.807, 2.05) is 0 Å². The van der Waals surface area contributed by atoms with Gasteiger partial charge in [-0.3, -0.25) is 4.79 Å². The van der Waals surface area contributed by atoms with Gasteiger partial charge in [0.1, 0.15) is 11.6 Å². The number of alkyl halides is 6. The summed E-state index contributed by atoms with van der Waals surface area (Å²) < 4.78 is 112. The number of amides is 1. The first kappa shape index (κ1) is 32.2. The van der Waals surface area contributed by atoms with Gasteiger partial charge in [-0.2, -0.15) is 26.3 Å². The number of carbonyl (C=O) groups is 1. The highest BCUT2D eigenvalue weighted by Crippen LogP contribution is 2.40. The average Bonchev–Trinajstić information content (AvgIpc) is 3.42. The summed E-state index contributed by atoms with van der Waals surface area (Å²) in [7, 11) is 0. The molecule has 0 unspecified atom stereocenters. The monoisotopic (exact) mass is 634 g/mol. The minimum Gasteiger partial charge on any atom is -0.493 e. The maximum Gasteiger partial charge on any atom is 0.416 e. The first-order valence-electron chi connectivity index (χ1n) is 13.0. The smallest absolute Gasteiger partial charge is 0.416 e. The van der Waals surface area contributed by atoms with Crippen LogP contribution in [-0.2, 0) is 18.9 Å². The lowest BCUT2D eigenvalue weighted by Crippen LogP contribution is -2.38. The van der Waals surface area contributed by atoms with Crippen LogP contribution in [0.2, 0.25) is 0 Å². The van der Waals surface area contributed by atoms with Crippen molar-refractivity contribution >= 4 is 18.3 Å². The van der Waals surface area contributed by atoms with Crippen molar-refractivity contribution < 1.29 is 49.7 Å². The maximum atomic E-state index is 14.7. The number of rotatable bonds is 7. The Morgan fingerprint density at radius 1 is 0.953 bits per heavy atom. The van der Waals surface area contributed by atoms with Crippen LogP contribution in [0.25, 0.3) is 0 Å². The van der Waals surface area contributed by atoms with Crippen molar-refractivity contribution in [1.82, 2.24) is 10.6 Å². The van der Waals surface area contributed by atoms with Crippen LogP contribution in [-0.4, -0.2) is 32.4 Å². The van der Waals surface area contributed by atoms with Gasteiger partial charge in [-0.1, -0.05) is 12.1 Å². The van der Waals surface area contributed by atoms with E-state index in [0.29, 0.717) is 60.5 Å². The zero-order valence-electron chi connectivity index (χ0n) is 22.3. The summed E-state index contributed by atoms with van der Waals surface area (Å²) in [4.78, 5) is 12.9. The van der Waals surface area contributed by atoms with Crippen molar-refractivity contribution in [2.45, 2.75) is 31.2 Å². The standard InChI is InChI=1S/C29H25F7N2O4.ClH/c30-24-6-4-16(19-8-9-37-12-17(19)14-40-18-5-7-25-26(11-18)42-15-41-25)10-20(24)27(39)38-13-21-22(28(31,32)33)2-1-3-23(21)29(34,35)36;/h1-7,10-11,17,19,37H,8-9,12-15H2,(H,38,39);1H/t17-,19-;/m0./s1. The molecule has 3 aromatic carbocycles. The molecule has 14 heteroatoms. The van der Waals surface area contributed by atoms with Crippen LogP contribution in [0.1, 0.15) is 45.0 Å². The van der Waals surface area contributed by atoms with Gasteiger partial charge >= 0.3 is 12.4 Å². The summed E-state index contributed by atoms with van der Waals surface area (Å²) in [5.41, 5.74) is -4.12. The Kier molecular flexibility index (Phi) is 9.65. The molecule has 0 spiro atoms. The second kappa shape index (κ2) is 12.9. The molecule has 5 rings (SSSR count). The van der Waals surface area contributed by atoms with Crippen LogP contribution in [0.4, 0.5) is 30.7 Å². The predicted molar refractivity (Wildman–Crippen MR) is 143 cm³/mol. The largest absolute Gasteiger partial charge is 0.493 e. The van der Waals surface area contributed by atoms with Crippen molar-refractivity contribution in [3.8, 4) is 17.2 Å². The second-order valence-corrected chi connectivity index (χ2v) is 9.93. The number of hydrogen-bond donors (Lipinski definition) is 2. The average molecular weight is 635 g/mol. The van der Waals surface area contributed by atoms with Crippen LogP contribution >= 0.6 is 12.4 Å². The minimum absolute atomic E-state index is 0. The Hall–Kier alpha value is -3.71. The number of nitrogens with one attached hydrogen (secondary N) is 2. The van der Waals surface area contributed by atoms with E-state index in [9.17, 15) is 35.5 Å². The zero-order chi connectivity index (χ0) is 30.1. The van der Waals surface area contributed by atoms with Crippen LogP contribution < -0.4 is 24.8 Å². The topological polar surface area (TPSA) is 68.8 Å². The molecule has 2 aliphatic heterocycles. The van der Waals surface area contributed by atoms with Gasteiger partial charge in [0.25, 0.3) is 5.91 Å². The predicted octanol–water partition coefficient (Wildman–Crippen LogP) is 6.72. The van der Waals surface area contributed by atoms with E-state index in [0.717, 1.165) is 6.07 Å². The first-order valence-corrected chi connectivity index (χ1v) is 13.0. The van der Waals surface area contributed by atoms with Gasteiger partial charge in [-0.05, 0) is 66.4 Å². The molecular formula is C29H26ClF7N2O4. The summed E-state index contributed by atoms with van der Waals surface area (Å²) >= 11 is 0. The highest BCUT2D eigenvalue weighted by molar-refractivity contribution is 5.94. The lowest BCUT2D eigenvalue weighted by Gasteiger charge is -2.32. The molecule has 2 atom stereocenters. The highest BCUT2D eigenvalue weighted by Gasteiger charge is 2.40. The summed E-state index contributed by atoms with van der Waals surface area (Å²) in [6.07, 6.45) is -9.58. The molecule has 6 nitrogen and oxygen atoms in total. The van der Waals surface area contributed by atoms with Crippen molar-refractivity contribution in [1.29, 1.82) is 0 Å². The van der Waals surface area contributed by atoms with E-state index in [1.165, 1.54) is 12.1 Å². The van der Waals surface area contributed by atoms with Crippen molar-refractivity contribution in [2.24, 2.45) is 5.92 Å². The van der Waals surface area contributed by atoms with E-state index < -0.39 is 52.9 Å². The summed E-state index contributed by atoms with van der Waals surface area (Å²) in [6, 6.07) is 10.7. The fraction of sp³-hybridized carbons (Fsp3) is 0.345. The molecule has 0 aliphatic carbocycles. The molecule has 1 saturated heterocycles. The van der Waals surface area contributed by atoms with Crippen LogP contribution in [0.3, 0.4) is 0 Å². The normalized spacial score (nSPS) is 18.1. The second-order valence-electron chi connectivity index (χ2n) is 9.93. The van der Waals surface area contributed by atoms with Crippen molar-refractivity contribution in [3.63, 3.8) is 0 Å². The van der Waals surface area contributed by atoms with Gasteiger partial charge in [-0.15, -0.1) is 12.4 Å². The molecule has 232 valence electrons. The van der Waals surface area contributed by atoms with Gasteiger partial charge < -0.3 is 24.8 Å². The Morgan fingerprint density at radius 2 is 1.65 bits per heavy atom. The third-order valence-electron chi connectivity index (χ3n) is 7.29. The van der Waals surface area contributed by atoms with E-state index in [-0.39, 0.29) is 37.6 Å². The summed E-state index contributed by atoms with van der Waals surface area (Å²) in [5.74, 6) is -0.651. The summed E-state index contributed by atoms with van der Waals surface area (Å²) in [5, 5.41) is 5.32. The van der Waals surface area contributed by atoms with Crippen molar-refractivity contribution in [3.05, 3.63) is 88.2 Å². The molecule has 2 heterocycles. The Labute approximate surface area is 247 Å². The molecule has 2 N–H and O–H groups in total. The Balaban J connectivity index is 0.00000423. The lowest BCUT2D eigenvalue weighted by molar-refractivity contribution is -0.144. The fourth-order valence-corrected chi connectivity index (χ4v) is 5.23. The molecule has 0 radical (unpaired) electrons. The number of halogens is 8. The molecule has 0 bridgehead atoms. The number of carbonyl (C=O) groups excluding carboxylic acids is 1. The first-order chi connectivity index (χ1) is 19.9. The number of piperidine rings is 1. The molecular weight excluding hydrogens is 609 g/mol. The SMILES string of the molecule is Cl.O=C(NCc1c(C(F)(F)F)cccc1C(F)(F)F)c1cc([C@@H]2CCNC[C@H]2COc2ccc3c(c2)OCO3)ccc1F. The quantitative estimate of drug-likeness (QED) is 0.283. The Bertz CT molecular complexity index is 1430. The molecule has 0 aromatic heterocycles. The molecule has 3 aromatic rings. The highest BCUT2D eigenvalue weighted by atomic mass is 35.5. The van der Waals surface area contributed by atoms with Gasteiger partial charge in [-0.25, -0.2) is 4.39 Å². The maximum absolute atomic E-state index is 14.7. The number of ether oxygens (including phenoxy) is 3. The third-order valence-corrected chi connectivity index (χ3v) is 7.29. The molecule has 2 aliphatic rings. The number of benzene rings is 3. The zero-order valence-corrected chi connectivity index (χ0v) is 23.1. The fourth-order valence-electron chi connectivity index (χ4n) is 5.23. The Morgan fingerprint density at radius 3 is 2.35 bits per heavy atom. The third kappa shape index (κ3) is 7.27. The molecule has 0 saturated carbocycles. The van der Waals surface area contributed by atoms with E-state index in [2.05, 4.69) is 10.6 Å². The lowest BCUT2D eigenvalue weighted by atomic mass is 9.81. The van der Waals surface area contributed by atoms with Crippen LogP contribution in [0, 0.1) is 11.7 Å². The van der Waals surface area contributed by atoms with E-state index >= 15 is 0 Å². The minimum atomic E-state index is -5.10. The number of fused-ring (bicyclic) bond motifs is 1. The van der Waals surface area contributed by atoms with Gasteiger partial charge in [0.15, 0.2) is 11.5 Å².